The molecule has 0 saturated heterocycles. The van der Waals surface area contributed by atoms with Crippen LogP contribution in [0.5, 0.6) is 5.88 Å². The average molecular weight is 260 g/mol. The van der Waals surface area contributed by atoms with Crippen LogP contribution in [0.15, 0.2) is 12.4 Å². The first kappa shape index (κ1) is 12.8. The van der Waals surface area contributed by atoms with Crippen LogP contribution in [0, 0.1) is 5.92 Å². The SMILES string of the molecule is C[C@@H](Oc1cc(C(=O)C2CC2)ncn1)C(F)(F)F. The summed E-state index contributed by atoms with van der Waals surface area (Å²) in [6.45, 7) is 0.879. The van der Waals surface area contributed by atoms with Gasteiger partial charge in [-0.05, 0) is 19.8 Å². The largest absolute Gasteiger partial charge is 0.465 e. The Balaban J connectivity index is 2.09. The van der Waals surface area contributed by atoms with Gasteiger partial charge in [0.2, 0.25) is 5.88 Å². The van der Waals surface area contributed by atoms with Gasteiger partial charge in [0.25, 0.3) is 0 Å². The van der Waals surface area contributed by atoms with Crippen molar-refractivity contribution < 1.29 is 22.7 Å². The van der Waals surface area contributed by atoms with Crippen LogP contribution < -0.4 is 4.74 Å². The smallest absolute Gasteiger partial charge is 0.425 e. The molecule has 0 unspecified atom stereocenters. The highest BCUT2D eigenvalue weighted by Gasteiger charge is 2.38. The molecule has 1 aliphatic carbocycles. The Morgan fingerprint density at radius 2 is 2.11 bits per heavy atom. The molecule has 0 spiro atoms. The van der Waals surface area contributed by atoms with Gasteiger partial charge in [-0.2, -0.15) is 13.2 Å². The molecular formula is C11H11F3N2O2. The van der Waals surface area contributed by atoms with Gasteiger partial charge in [-0.25, -0.2) is 9.97 Å². The summed E-state index contributed by atoms with van der Waals surface area (Å²) in [5.41, 5.74) is 0.108. The summed E-state index contributed by atoms with van der Waals surface area (Å²) >= 11 is 0. The van der Waals surface area contributed by atoms with Crippen molar-refractivity contribution in [3.05, 3.63) is 18.1 Å². The molecule has 0 amide bonds. The summed E-state index contributed by atoms with van der Waals surface area (Å²) in [4.78, 5) is 19.0. The molecule has 1 fully saturated rings. The third kappa shape index (κ3) is 2.96. The van der Waals surface area contributed by atoms with Gasteiger partial charge in [0.05, 0.1) is 0 Å². The van der Waals surface area contributed by atoms with Crippen molar-refractivity contribution in [2.75, 3.05) is 0 Å². The Morgan fingerprint density at radius 3 is 2.67 bits per heavy atom. The number of aromatic nitrogens is 2. The summed E-state index contributed by atoms with van der Waals surface area (Å²) in [6.07, 6.45) is -3.80. The van der Waals surface area contributed by atoms with Gasteiger partial charge in [-0.3, -0.25) is 4.79 Å². The van der Waals surface area contributed by atoms with Gasteiger partial charge in [-0.15, -0.1) is 0 Å². The maximum absolute atomic E-state index is 12.3. The van der Waals surface area contributed by atoms with Crippen LogP contribution in [-0.4, -0.2) is 28.0 Å². The third-order valence-electron chi connectivity index (χ3n) is 2.60. The van der Waals surface area contributed by atoms with Gasteiger partial charge in [0, 0.05) is 12.0 Å². The topological polar surface area (TPSA) is 52.1 Å². The lowest BCUT2D eigenvalue weighted by molar-refractivity contribution is -0.190. The highest BCUT2D eigenvalue weighted by Crippen LogP contribution is 2.32. The van der Waals surface area contributed by atoms with Crippen molar-refractivity contribution >= 4 is 5.78 Å². The van der Waals surface area contributed by atoms with E-state index >= 15 is 0 Å². The second-order valence-electron chi connectivity index (χ2n) is 4.18. The van der Waals surface area contributed by atoms with Crippen LogP contribution in [0.3, 0.4) is 0 Å². The molecule has 18 heavy (non-hydrogen) atoms. The average Bonchev–Trinajstić information content (AvgIpc) is 3.11. The molecule has 0 bridgehead atoms. The normalized spacial score (nSPS) is 17.3. The van der Waals surface area contributed by atoms with Crippen LogP contribution >= 0.6 is 0 Å². The van der Waals surface area contributed by atoms with Gasteiger partial charge in [0.15, 0.2) is 11.9 Å². The van der Waals surface area contributed by atoms with Crippen molar-refractivity contribution in [1.29, 1.82) is 0 Å². The number of carbonyl (C=O) groups excluding carboxylic acids is 1. The van der Waals surface area contributed by atoms with Crippen LogP contribution in [0.2, 0.25) is 0 Å². The first-order valence-corrected chi connectivity index (χ1v) is 5.47. The maximum Gasteiger partial charge on any atom is 0.425 e. The second-order valence-corrected chi connectivity index (χ2v) is 4.18. The predicted molar refractivity (Wildman–Crippen MR) is 55.2 cm³/mol. The summed E-state index contributed by atoms with van der Waals surface area (Å²) in [6, 6.07) is 1.16. The molecular weight excluding hydrogens is 249 g/mol. The highest BCUT2D eigenvalue weighted by molar-refractivity contribution is 5.97. The van der Waals surface area contributed by atoms with E-state index in [1.54, 1.807) is 0 Å². The molecule has 0 aromatic carbocycles. The Bertz CT molecular complexity index is 458. The molecule has 0 N–H and O–H groups in total. The first-order chi connectivity index (χ1) is 8.38. The molecule has 98 valence electrons. The number of hydrogen-bond donors (Lipinski definition) is 0. The van der Waals surface area contributed by atoms with Crippen LogP contribution in [0.4, 0.5) is 13.2 Å². The van der Waals surface area contributed by atoms with E-state index in [-0.39, 0.29) is 23.3 Å². The molecule has 1 aromatic heterocycles. The number of hydrogen-bond acceptors (Lipinski definition) is 4. The van der Waals surface area contributed by atoms with Crippen LogP contribution in [-0.2, 0) is 0 Å². The number of nitrogens with zero attached hydrogens (tertiary/aromatic N) is 2. The van der Waals surface area contributed by atoms with Crippen molar-refractivity contribution in [2.45, 2.75) is 32.0 Å². The number of halogens is 3. The minimum absolute atomic E-state index is 0.0483. The molecule has 0 aliphatic heterocycles. The van der Waals surface area contributed by atoms with E-state index in [0.29, 0.717) is 0 Å². The quantitative estimate of drug-likeness (QED) is 0.780. The van der Waals surface area contributed by atoms with E-state index in [2.05, 4.69) is 14.7 Å². The molecule has 1 aromatic rings. The fourth-order valence-corrected chi connectivity index (χ4v) is 1.34. The monoisotopic (exact) mass is 260 g/mol. The maximum atomic E-state index is 12.3. The number of ketones is 1. The van der Waals surface area contributed by atoms with Crippen molar-refractivity contribution in [1.82, 2.24) is 9.97 Å². The summed E-state index contributed by atoms with van der Waals surface area (Å²) < 4.78 is 41.5. The summed E-state index contributed by atoms with van der Waals surface area (Å²) in [5, 5.41) is 0. The fourth-order valence-electron chi connectivity index (χ4n) is 1.34. The molecule has 4 nitrogen and oxygen atoms in total. The molecule has 2 rings (SSSR count). The molecule has 1 aliphatic rings. The second kappa shape index (κ2) is 4.55. The zero-order valence-electron chi connectivity index (χ0n) is 9.57. The number of alkyl halides is 3. The highest BCUT2D eigenvalue weighted by atomic mass is 19.4. The molecule has 7 heteroatoms. The molecule has 0 radical (unpaired) electrons. The number of Topliss-reactive ketones (excluding diaryl/α,β-unsaturated/α-hetero) is 1. The third-order valence-corrected chi connectivity index (χ3v) is 2.60. The van der Waals surface area contributed by atoms with E-state index < -0.39 is 12.3 Å². The lowest BCUT2D eigenvalue weighted by Crippen LogP contribution is -2.31. The van der Waals surface area contributed by atoms with Crippen molar-refractivity contribution in [3.8, 4) is 5.88 Å². The van der Waals surface area contributed by atoms with Crippen LogP contribution in [0.1, 0.15) is 30.3 Å². The van der Waals surface area contributed by atoms with Gasteiger partial charge in [0.1, 0.15) is 12.0 Å². The summed E-state index contributed by atoms with van der Waals surface area (Å²) in [7, 11) is 0. The van der Waals surface area contributed by atoms with Crippen molar-refractivity contribution in [3.63, 3.8) is 0 Å². The van der Waals surface area contributed by atoms with Crippen LogP contribution in [0.25, 0.3) is 0 Å². The predicted octanol–water partition coefficient (Wildman–Crippen LogP) is 2.40. The number of ether oxygens (including phenoxy) is 1. The Labute approximate surface area is 101 Å². The lowest BCUT2D eigenvalue weighted by atomic mass is 10.2. The zero-order chi connectivity index (χ0) is 13.3. The summed E-state index contributed by atoms with van der Waals surface area (Å²) in [5.74, 6) is -0.450. The number of carbonyl (C=O) groups is 1. The molecule has 1 atom stereocenters. The minimum atomic E-state index is -4.47. The van der Waals surface area contributed by atoms with E-state index in [9.17, 15) is 18.0 Å². The van der Waals surface area contributed by atoms with E-state index in [4.69, 9.17) is 0 Å². The molecule has 1 saturated carbocycles. The van der Waals surface area contributed by atoms with E-state index in [1.807, 2.05) is 0 Å². The van der Waals surface area contributed by atoms with Gasteiger partial charge in [-0.1, -0.05) is 0 Å². The lowest BCUT2D eigenvalue weighted by Gasteiger charge is -2.16. The zero-order valence-corrected chi connectivity index (χ0v) is 9.57. The number of rotatable bonds is 4. The Hall–Kier alpha value is -1.66. The first-order valence-electron chi connectivity index (χ1n) is 5.47. The van der Waals surface area contributed by atoms with E-state index in [1.165, 1.54) is 0 Å². The van der Waals surface area contributed by atoms with Gasteiger partial charge >= 0.3 is 6.18 Å². The van der Waals surface area contributed by atoms with Gasteiger partial charge < -0.3 is 4.74 Å². The fraction of sp³-hybridized carbons (Fsp3) is 0.545. The Morgan fingerprint density at radius 1 is 1.44 bits per heavy atom. The standard InChI is InChI=1S/C11H11F3N2O2/c1-6(11(12,13)14)18-9-4-8(15-5-16-9)10(17)7-2-3-7/h4-7H,2-3H2,1H3/t6-/m1/s1. The minimum Gasteiger partial charge on any atom is -0.465 e. The van der Waals surface area contributed by atoms with Crippen molar-refractivity contribution in [2.24, 2.45) is 5.92 Å². The Kier molecular flexibility index (Phi) is 3.23. The van der Waals surface area contributed by atoms with E-state index in [0.717, 1.165) is 32.2 Å². The molecule has 1 heterocycles.